The molecule has 0 aliphatic heterocycles. The number of hydrogen-bond donors (Lipinski definition) is 2. The Morgan fingerprint density at radius 2 is 2.38 bits per heavy atom. The molecule has 0 saturated heterocycles. The van der Waals surface area contributed by atoms with Crippen molar-refractivity contribution in [3.05, 3.63) is 24.0 Å². The van der Waals surface area contributed by atoms with Crippen LogP contribution in [0.2, 0.25) is 0 Å². The van der Waals surface area contributed by atoms with Crippen LogP contribution in [-0.4, -0.2) is 22.6 Å². The molecule has 84 valence electrons. The summed E-state index contributed by atoms with van der Waals surface area (Å²) in [5, 5.41) is 12.0. The molecular formula is C10H9FN2O2S. The molecule has 0 aliphatic carbocycles. The van der Waals surface area contributed by atoms with Crippen molar-refractivity contribution in [3.63, 3.8) is 0 Å². The monoisotopic (exact) mass is 240 g/mol. The number of anilines is 1. The predicted molar refractivity (Wildman–Crippen MR) is 60.3 cm³/mol. The fourth-order valence-electron chi connectivity index (χ4n) is 1.25. The summed E-state index contributed by atoms with van der Waals surface area (Å²) in [4.78, 5) is 14.5. The zero-order valence-corrected chi connectivity index (χ0v) is 9.05. The van der Waals surface area contributed by atoms with Gasteiger partial charge < -0.3 is 10.4 Å². The minimum absolute atomic E-state index is 0.0320. The van der Waals surface area contributed by atoms with E-state index in [1.807, 2.05) is 0 Å². The first kappa shape index (κ1) is 10.8. The van der Waals surface area contributed by atoms with Crippen LogP contribution in [0.15, 0.2) is 18.2 Å². The topological polar surface area (TPSA) is 62.2 Å². The fraction of sp³-hybridized carbons (Fsp3) is 0.200. The maximum atomic E-state index is 12.9. The zero-order chi connectivity index (χ0) is 11.5. The number of halogens is 1. The van der Waals surface area contributed by atoms with Crippen LogP contribution in [0.4, 0.5) is 9.52 Å². The Labute approximate surface area is 94.7 Å². The van der Waals surface area contributed by atoms with Crippen molar-refractivity contribution >= 4 is 32.7 Å². The van der Waals surface area contributed by atoms with Crippen molar-refractivity contribution in [3.8, 4) is 0 Å². The van der Waals surface area contributed by atoms with Gasteiger partial charge in [-0.1, -0.05) is 11.3 Å². The number of fused-ring (bicyclic) bond motifs is 1. The molecule has 0 bridgehead atoms. The number of aliphatic carboxylic acids is 1. The van der Waals surface area contributed by atoms with E-state index >= 15 is 0 Å². The first-order chi connectivity index (χ1) is 7.65. The van der Waals surface area contributed by atoms with Crippen molar-refractivity contribution in [2.24, 2.45) is 0 Å². The Hall–Kier alpha value is -1.69. The molecule has 4 nitrogen and oxygen atoms in total. The van der Waals surface area contributed by atoms with Gasteiger partial charge in [-0.05, 0) is 18.2 Å². The van der Waals surface area contributed by atoms with Gasteiger partial charge in [0.25, 0.3) is 0 Å². The highest BCUT2D eigenvalue weighted by Crippen LogP contribution is 2.26. The van der Waals surface area contributed by atoms with E-state index in [1.165, 1.54) is 23.5 Å². The minimum Gasteiger partial charge on any atom is -0.481 e. The number of benzene rings is 1. The van der Waals surface area contributed by atoms with E-state index in [-0.39, 0.29) is 12.2 Å². The summed E-state index contributed by atoms with van der Waals surface area (Å²) >= 11 is 1.31. The number of carboxylic acid groups (broad SMARTS) is 1. The number of carbonyl (C=O) groups is 1. The molecule has 6 heteroatoms. The Balaban J connectivity index is 2.10. The van der Waals surface area contributed by atoms with Crippen LogP contribution in [-0.2, 0) is 4.79 Å². The standard InChI is InChI=1S/C10H9FN2O2S/c11-6-1-2-7-8(5-6)16-10(13-7)12-4-3-9(14)15/h1-2,5H,3-4H2,(H,12,13)(H,14,15). The van der Waals surface area contributed by atoms with E-state index in [0.717, 1.165) is 4.70 Å². The van der Waals surface area contributed by atoms with Gasteiger partial charge in [-0.2, -0.15) is 0 Å². The zero-order valence-electron chi connectivity index (χ0n) is 8.24. The summed E-state index contributed by atoms with van der Waals surface area (Å²) in [7, 11) is 0. The maximum Gasteiger partial charge on any atom is 0.305 e. The number of aromatic nitrogens is 1. The third-order valence-corrected chi connectivity index (χ3v) is 2.94. The van der Waals surface area contributed by atoms with Gasteiger partial charge in [0.2, 0.25) is 0 Å². The molecule has 2 aromatic rings. The Bertz CT molecular complexity index is 527. The van der Waals surface area contributed by atoms with Crippen molar-refractivity contribution in [2.75, 3.05) is 11.9 Å². The van der Waals surface area contributed by atoms with Crippen LogP contribution < -0.4 is 5.32 Å². The molecule has 0 spiro atoms. The first-order valence-corrected chi connectivity index (χ1v) is 5.48. The molecule has 2 N–H and O–H groups in total. The number of rotatable bonds is 4. The number of carboxylic acids is 1. The molecule has 0 radical (unpaired) electrons. The van der Waals surface area contributed by atoms with Gasteiger partial charge in [0.15, 0.2) is 5.13 Å². The molecule has 0 atom stereocenters. The lowest BCUT2D eigenvalue weighted by atomic mass is 10.3. The fourth-order valence-corrected chi connectivity index (χ4v) is 2.17. The summed E-state index contributed by atoms with van der Waals surface area (Å²) in [6.45, 7) is 0.317. The molecule has 16 heavy (non-hydrogen) atoms. The molecular weight excluding hydrogens is 231 g/mol. The lowest BCUT2D eigenvalue weighted by Crippen LogP contribution is -2.06. The molecule has 1 heterocycles. The highest BCUT2D eigenvalue weighted by atomic mass is 32.1. The summed E-state index contributed by atoms with van der Waals surface area (Å²) in [6.07, 6.45) is 0.0320. The average molecular weight is 240 g/mol. The number of nitrogens with one attached hydrogen (secondary N) is 1. The number of thiazole rings is 1. The van der Waals surface area contributed by atoms with Crippen molar-refractivity contribution in [2.45, 2.75) is 6.42 Å². The Morgan fingerprint density at radius 1 is 1.56 bits per heavy atom. The van der Waals surface area contributed by atoms with Crippen LogP contribution in [0.5, 0.6) is 0 Å². The maximum absolute atomic E-state index is 12.9. The number of hydrogen-bond acceptors (Lipinski definition) is 4. The van der Waals surface area contributed by atoms with Crippen LogP contribution >= 0.6 is 11.3 Å². The Kier molecular flexibility index (Phi) is 3.00. The van der Waals surface area contributed by atoms with Crippen LogP contribution in [0.3, 0.4) is 0 Å². The number of nitrogens with zero attached hydrogens (tertiary/aromatic N) is 1. The highest BCUT2D eigenvalue weighted by Gasteiger charge is 2.04. The van der Waals surface area contributed by atoms with Gasteiger partial charge in [0, 0.05) is 6.54 Å². The summed E-state index contributed by atoms with van der Waals surface area (Å²) in [5.74, 6) is -1.16. The molecule has 0 amide bonds. The lowest BCUT2D eigenvalue weighted by Gasteiger charge is -1.97. The van der Waals surface area contributed by atoms with Gasteiger partial charge in [0.1, 0.15) is 5.82 Å². The highest BCUT2D eigenvalue weighted by molar-refractivity contribution is 7.22. The smallest absolute Gasteiger partial charge is 0.305 e. The lowest BCUT2D eigenvalue weighted by molar-refractivity contribution is -0.136. The van der Waals surface area contributed by atoms with Crippen molar-refractivity contribution < 1.29 is 14.3 Å². The first-order valence-electron chi connectivity index (χ1n) is 4.67. The minimum atomic E-state index is -0.861. The quantitative estimate of drug-likeness (QED) is 0.861. The summed E-state index contributed by atoms with van der Waals surface area (Å²) in [5.41, 5.74) is 0.712. The second-order valence-electron chi connectivity index (χ2n) is 3.20. The largest absolute Gasteiger partial charge is 0.481 e. The van der Waals surface area contributed by atoms with Gasteiger partial charge in [-0.3, -0.25) is 4.79 Å². The van der Waals surface area contributed by atoms with Crippen LogP contribution in [0, 0.1) is 5.82 Å². The van der Waals surface area contributed by atoms with E-state index in [9.17, 15) is 9.18 Å². The van der Waals surface area contributed by atoms with Crippen molar-refractivity contribution in [1.29, 1.82) is 0 Å². The summed E-state index contributed by atoms with van der Waals surface area (Å²) < 4.78 is 13.6. The Morgan fingerprint density at radius 3 is 3.12 bits per heavy atom. The van der Waals surface area contributed by atoms with Gasteiger partial charge in [0.05, 0.1) is 16.6 Å². The average Bonchev–Trinajstić information content (AvgIpc) is 2.58. The second-order valence-corrected chi connectivity index (χ2v) is 4.23. The van der Waals surface area contributed by atoms with Gasteiger partial charge >= 0.3 is 5.97 Å². The normalized spacial score (nSPS) is 10.6. The second kappa shape index (κ2) is 4.44. The van der Waals surface area contributed by atoms with E-state index in [2.05, 4.69) is 10.3 Å². The molecule has 0 unspecified atom stereocenters. The molecule has 2 rings (SSSR count). The SMILES string of the molecule is O=C(O)CCNc1nc2ccc(F)cc2s1. The van der Waals surface area contributed by atoms with Crippen molar-refractivity contribution in [1.82, 2.24) is 4.98 Å². The molecule has 0 saturated carbocycles. The molecule has 1 aromatic carbocycles. The molecule has 1 aromatic heterocycles. The van der Waals surface area contributed by atoms with E-state index in [1.54, 1.807) is 6.07 Å². The van der Waals surface area contributed by atoms with E-state index in [4.69, 9.17) is 5.11 Å². The van der Waals surface area contributed by atoms with Gasteiger partial charge in [-0.15, -0.1) is 0 Å². The van der Waals surface area contributed by atoms with Gasteiger partial charge in [-0.25, -0.2) is 9.37 Å². The molecule has 0 fully saturated rings. The third-order valence-electron chi connectivity index (χ3n) is 1.97. The van der Waals surface area contributed by atoms with Crippen LogP contribution in [0.25, 0.3) is 10.2 Å². The predicted octanol–water partition coefficient (Wildman–Crippen LogP) is 2.32. The summed E-state index contributed by atoms with van der Waals surface area (Å²) in [6, 6.07) is 4.36. The van der Waals surface area contributed by atoms with E-state index in [0.29, 0.717) is 17.2 Å². The third kappa shape index (κ3) is 2.46. The van der Waals surface area contributed by atoms with E-state index < -0.39 is 5.97 Å². The molecule has 0 aliphatic rings. The van der Waals surface area contributed by atoms with Crippen LogP contribution in [0.1, 0.15) is 6.42 Å².